The number of rotatable bonds is 1. The minimum atomic E-state index is 0.714. The Labute approximate surface area is 77.0 Å². The molecule has 0 amide bonds. The number of anilines is 1. The summed E-state index contributed by atoms with van der Waals surface area (Å²) in [6.45, 7) is 1.86. The third-order valence-corrected chi connectivity index (χ3v) is 1.99. The molecule has 1 aromatic heterocycles. The summed E-state index contributed by atoms with van der Waals surface area (Å²) in [6, 6.07) is 5.99. The second-order valence-electron chi connectivity index (χ2n) is 3.28. The number of aromatic nitrogens is 1. The first kappa shape index (κ1) is 8.10. The first-order valence-electron chi connectivity index (χ1n) is 4.21. The predicted molar refractivity (Wildman–Crippen MR) is 53.1 cm³/mol. The van der Waals surface area contributed by atoms with E-state index in [1.54, 1.807) is 0 Å². The zero-order valence-corrected chi connectivity index (χ0v) is 8.03. The average Bonchev–Trinajstić information content (AvgIpc) is 2.42. The molecule has 2 rings (SSSR count). The number of nitrogens with zero attached hydrogens (tertiary/aromatic N) is 2. The lowest BCUT2D eigenvalue weighted by Crippen LogP contribution is -2.07. The maximum absolute atomic E-state index is 5.37. The van der Waals surface area contributed by atoms with Crippen molar-refractivity contribution in [1.29, 1.82) is 0 Å². The normalized spacial score (nSPS) is 10.7. The van der Waals surface area contributed by atoms with Crippen LogP contribution in [-0.2, 0) is 0 Å². The largest absolute Gasteiger partial charge is 0.441 e. The maximum Gasteiger partial charge on any atom is 0.192 e. The highest BCUT2D eigenvalue weighted by Crippen LogP contribution is 2.20. The number of hydrogen-bond acceptors (Lipinski definition) is 3. The van der Waals surface area contributed by atoms with Crippen LogP contribution in [0.5, 0.6) is 0 Å². The Morgan fingerprint density at radius 2 is 2.08 bits per heavy atom. The van der Waals surface area contributed by atoms with Gasteiger partial charge >= 0.3 is 0 Å². The van der Waals surface area contributed by atoms with Crippen molar-refractivity contribution in [2.24, 2.45) is 0 Å². The van der Waals surface area contributed by atoms with Gasteiger partial charge in [-0.2, -0.15) is 0 Å². The smallest absolute Gasteiger partial charge is 0.192 e. The SMILES string of the molecule is Cc1nc2cc(N(C)C)ccc2o1. The molecule has 0 aliphatic heterocycles. The van der Waals surface area contributed by atoms with Gasteiger partial charge in [-0.3, -0.25) is 0 Å². The Morgan fingerprint density at radius 3 is 2.77 bits per heavy atom. The third kappa shape index (κ3) is 1.37. The van der Waals surface area contributed by atoms with E-state index in [9.17, 15) is 0 Å². The minimum absolute atomic E-state index is 0.714. The Hall–Kier alpha value is -1.51. The highest BCUT2D eigenvalue weighted by Gasteiger charge is 2.03. The molecule has 0 bridgehead atoms. The van der Waals surface area contributed by atoms with E-state index in [0.29, 0.717) is 5.89 Å². The van der Waals surface area contributed by atoms with Gasteiger partial charge in [-0.25, -0.2) is 4.98 Å². The van der Waals surface area contributed by atoms with Crippen LogP contribution >= 0.6 is 0 Å². The lowest BCUT2D eigenvalue weighted by atomic mass is 10.3. The number of oxazole rings is 1. The first-order valence-corrected chi connectivity index (χ1v) is 4.21. The molecule has 2 aromatic rings. The van der Waals surface area contributed by atoms with E-state index in [-0.39, 0.29) is 0 Å². The fraction of sp³-hybridized carbons (Fsp3) is 0.300. The van der Waals surface area contributed by atoms with E-state index in [2.05, 4.69) is 4.98 Å². The summed E-state index contributed by atoms with van der Waals surface area (Å²) in [4.78, 5) is 6.31. The Kier molecular flexibility index (Phi) is 1.72. The lowest BCUT2D eigenvalue weighted by molar-refractivity contribution is 0.561. The van der Waals surface area contributed by atoms with Gasteiger partial charge in [0.15, 0.2) is 11.5 Å². The summed E-state index contributed by atoms with van der Waals surface area (Å²) >= 11 is 0. The molecular formula is C10H12N2O. The van der Waals surface area contributed by atoms with Crippen LogP contribution in [0.15, 0.2) is 22.6 Å². The average molecular weight is 176 g/mol. The van der Waals surface area contributed by atoms with Crippen LogP contribution in [0.2, 0.25) is 0 Å². The summed E-state index contributed by atoms with van der Waals surface area (Å²) in [7, 11) is 4.02. The maximum atomic E-state index is 5.37. The molecular weight excluding hydrogens is 164 g/mol. The number of aryl methyl sites for hydroxylation is 1. The van der Waals surface area contributed by atoms with E-state index in [1.165, 1.54) is 0 Å². The van der Waals surface area contributed by atoms with Crippen LogP contribution in [0.25, 0.3) is 11.1 Å². The molecule has 0 unspecified atom stereocenters. The molecule has 68 valence electrons. The van der Waals surface area contributed by atoms with Crippen molar-refractivity contribution < 1.29 is 4.42 Å². The van der Waals surface area contributed by atoms with E-state index < -0.39 is 0 Å². The van der Waals surface area contributed by atoms with E-state index >= 15 is 0 Å². The van der Waals surface area contributed by atoms with Crippen molar-refractivity contribution >= 4 is 16.8 Å². The Morgan fingerprint density at radius 1 is 1.31 bits per heavy atom. The van der Waals surface area contributed by atoms with Crippen molar-refractivity contribution in [1.82, 2.24) is 4.98 Å². The monoisotopic (exact) mass is 176 g/mol. The molecule has 0 spiro atoms. The highest BCUT2D eigenvalue weighted by molar-refractivity contribution is 5.77. The summed E-state index contributed by atoms with van der Waals surface area (Å²) in [5.41, 5.74) is 2.91. The molecule has 1 heterocycles. The van der Waals surface area contributed by atoms with Crippen molar-refractivity contribution in [3.05, 3.63) is 24.1 Å². The minimum Gasteiger partial charge on any atom is -0.441 e. The fourth-order valence-corrected chi connectivity index (χ4v) is 1.31. The zero-order valence-electron chi connectivity index (χ0n) is 8.03. The second-order valence-corrected chi connectivity index (χ2v) is 3.28. The lowest BCUT2D eigenvalue weighted by Gasteiger charge is -2.10. The summed E-state index contributed by atoms with van der Waals surface area (Å²) in [6.07, 6.45) is 0. The molecule has 0 saturated heterocycles. The van der Waals surface area contributed by atoms with Gasteiger partial charge in [0, 0.05) is 26.7 Å². The molecule has 1 aromatic carbocycles. The summed E-state index contributed by atoms with van der Waals surface area (Å²) < 4.78 is 5.37. The van der Waals surface area contributed by atoms with Crippen LogP contribution in [-0.4, -0.2) is 19.1 Å². The van der Waals surface area contributed by atoms with E-state index in [0.717, 1.165) is 16.8 Å². The molecule has 0 radical (unpaired) electrons. The standard InChI is InChI=1S/C10H12N2O/c1-7-11-9-6-8(12(2)3)4-5-10(9)13-7/h4-6H,1-3H3. The molecule has 0 saturated carbocycles. The fourth-order valence-electron chi connectivity index (χ4n) is 1.31. The van der Waals surface area contributed by atoms with Crippen LogP contribution < -0.4 is 4.90 Å². The van der Waals surface area contributed by atoms with Crippen LogP contribution in [0.1, 0.15) is 5.89 Å². The predicted octanol–water partition coefficient (Wildman–Crippen LogP) is 2.20. The van der Waals surface area contributed by atoms with Gasteiger partial charge in [-0.1, -0.05) is 0 Å². The quantitative estimate of drug-likeness (QED) is 0.667. The number of hydrogen-bond donors (Lipinski definition) is 0. The van der Waals surface area contributed by atoms with Gasteiger partial charge in [-0.05, 0) is 18.2 Å². The third-order valence-electron chi connectivity index (χ3n) is 1.99. The Bertz CT molecular complexity index is 431. The summed E-state index contributed by atoms with van der Waals surface area (Å²) in [5.74, 6) is 0.714. The van der Waals surface area contributed by atoms with Gasteiger partial charge in [0.2, 0.25) is 0 Å². The van der Waals surface area contributed by atoms with Crippen LogP contribution in [0.3, 0.4) is 0 Å². The second kappa shape index (κ2) is 2.76. The van der Waals surface area contributed by atoms with Gasteiger partial charge in [0.1, 0.15) is 5.52 Å². The first-order chi connectivity index (χ1) is 6.16. The Balaban J connectivity index is 2.61. The highest BCUT2D eigenvalue weighted by atomic mass is 16.3. The topological polar surface area (TPSA) is 29.3 Å². The van der Waals surface area contributed by atoms with E-state index in [4.69, 9.17) is 4.42 Å². The van der Waals surface area contributed by atoms with Crippen LogP contribution in [0.4, 0.5) is 5.69 Å². The van der Waals surface area contributed by atoms with Gasteiger partial charge < -0.3 is 9.32 Å². The molecule has 3 heteroatoms. The molecule has 0 atom stereocenters. The molecule has 0 aliphatic rings. The molecule has 0 aliphatic carbocycles. The summed E-state index contributed by atoms with van der Waals surface area (Å²) in [5, 5.41) is 0. The van der Waals surface area contributed by atoms with Gasteiger partial charge in [-0.15, -0.1) is 0 Å². The molecule has 13 heavy (non-hydrogen) atoms. The van der Waals surface area contributed by atoms with E-state index in [1.807, 2.05) is 44.1 Å². The zero-order chi connectivity index (χ0) is 9.42. The number of benzene rings is 1. The molecule has 0 N–H and O–H groups in total. The van der Waals surface area contributed by atoms with Gasteiger partial charge in [0.05, 0.1) is 0 Å². The van der Waals surface area contributed by atoms with Crippen molar-refractivity contribution in [2.75, 3.05) is 19.0 Å². The molecule has 0 fully saturated rings. The van der Waals surface area contributed by atoms with Gasteiger partial charge in [0.25, 0.3) is 0 Å². The van der Waals surface area contributed by atoms with Crippen molar-refractivity contribution in [3.8, 4) is 0 Å². The van der Waals surface area contributed by atoms with Crippen molar-refractivity contribution in [2.45, 2.75) is 6.92 Å². The van der Waals surface area contributed by atoms with Crippen molar-refractivity contribution in [3.63, 3.8) is 0 Å². The van der Waals surface area contributed by atoms with Crippen LogP contribution in [0, 0.1) is 6.92 Å². The number of fused-ring (bicyclic) bond motifs is 1. The molecule has 3 nitrogen and oxygen atoms in total.